The van der Waals surface area contributed by atoms with E-state index in [-0.39, 0.29) is 24.3 Å². The first-order valence-corrected chi connectivity index (χ1v) is 11.6. The first-order chi connectivity index (χ1) is 15.1. The first-order valence-electron chi connectivity index (χ1n) is 11.2. The van der Waals surface area contributed by atoms with Crippen LogP contribution < -0.4 is 5.32 Å². The molecule has 1 aromatic carbocycles. The van der Waals surface area contributed by atoms with Crippen LogP contribution in [0.3, 0.4) is 0 Å². The Kier molecular flexibility index (Phi) is 6.70. The maximum atomic E-state index is 13.3. The van der Waals surface area contributed by atoms with Gasteiger partial charge < -0.3 is 15.2 Å². The third kappa shape index (κ3) is 4.66. The molecule has 2 N–H and O–H groups in total. The fourth-order valence-corrected chi connectivity index (χ4v) is 5.20. The highest BCUT2D eigenvalue weighted by molar-refractivity contribution is 7.80. The maximum Gasteiger partial charge on any atom is 0.252 e. The lowest BCUT2D eigenvalue weighted by Gasteiger charge is -2.32. The fraction of sp³-hybridized carbons (Fsp3) is 0.458. The topological polar surface area (TPSA) is 68.4 Å². The van der Waals surface area contributed by atoms with E-state index >= 15 is 0 Å². The van der Waals surface area contributed by atoms with Gasteiger partial charge >= 0.3 is 0 Å². The molecule has 1 saturated heterocycles. The molecular weight excluding hydrogens is 408 g/mol. The average Bonchev–Trinajstić information content (AvgIpc) is 3.17. The summed E-state index contributed by atoms with van der Waals surface area (Å²) in [5.41, 5.74) is 1.68. The molecule has 4 rings (SSSR count). The van der Waals surface area contributed by atoms with Gasteiger partial charge in [0.1, 0.15) is 6.04 Å². The molecule has 1 atom stereocenters. The molecule has 2 heterocycles. The van der Waals surface area contributed by atoms with E-state index in [1.54, 1.807) is 11.0 Å². The van der Waals surface area contributed by atoms with Gasteiger partial charge in [-0.25, -0.2) is 0 Å². The van der Waals surface area contributed by atoms with Crippen molar-refractivity contribution in [3.05, 3.63) is 43.1 Å². The minimum absolute atomic E-state index is 0.0638. The predicted octanol–water partition coefficient (Wildman–Crippen LogP) is 4.59. The Hall–Kier alpha value is -2.67. The van der Waals surface area contributed by atoms with E-state index in [9.17, 15) is 9.59 Å². The predicted molar refractivity (Wildman–Crippen MR) is 128 cm³/mol. The molecule has 0 bridgehead atoms. The number of hydrogen-bond acceptors (Lipinski definition) is 3. The molecule has 1 saturated carbocycles. The lowest BCUT2D eigenvalue weighted by Crippen LogP contribution is -2.44. The van der Waals surface area contributed by atoms with Crippen LogP contribution in [0.1, 0.15) is 51.4 Å². The Balaban J connectivity index is 1.51. The summed E-state index contributed by atoms with van der Waals surface area (Å²) in [5.74, 6) is -0.234. The molecule has 0 spiro atoms. The van der Waals surface area contributed by atoms with Crippen LogP contribution >= 0.6 is 12.2 Å². The van der Waals surface area contributed by atoms with Crippen LogP contribution in [0.4, 0.5) is 5.69 Å². The Morgan fingerprint density at radius 3 is 2.74 bits per heavy atom. The van der Waals surface area contributed by atoms with Crippen LogP contribution in [0.2, 0.25) is 0 Å². The van der Waals surface area contributed by atoms with Gasteiger partial charge in [-0.05, 0) is 55.1 Å². The molecule has 31 heavy (non-hydrogen) atoms. The standard InChI is InChI=1S/C24H30N4O2S/c1-2-3-14-27-23(30)21(28(24(27)31)19-8-6-4-5-7-9-19)16-22(29)26-18-11-10-17-12-13-25-20(17)15-18/h2,10-13,15,19,21,25H,1,3-9,14,16H2,(H,26,29). The van der Waals surface area contributed by atoms with E-state index < -0.39 is 6.04 Å². The van der Waals surface area contributed by atoms with Gasteiger partial charge in [-0.2, -0.15) is 0 Å². The first kappa shape index (κ1) is 21.6. The van der Waals surface area contributed by atoms with Crippen LogP contribution in [0.25, 0.3) is 10.9 Å². The zero-order chi connectivity index (χ0) is 21.8. The van der Waals surface area contributed by atoms with E-state index in [1.807, 2.05) is 30.5 Å². The number of thiocarbonyl (C=S) groups is 1. The summed E-state index contributed by atoms with van der Waals surface area (Å²) >= 11 is 5.74. The number of fused-ring (bicyclic) bond motifs is 1. The average molecular weight is 439 g/mol. The van der Waals surface area contributed by atoms with Crippen LogP contribution in [0.15, 0.2) is 43.1 Å². The second-order valence-corrected chi connectivity index (χ2v) is 8.82. The van der Waals surface area contributed by atoms with Gasteiger partial charge in [-0.15, -0.1) is 6.58 Å². The molecular formula is C24H30N4O2S. The number of aromatic amines is 1. The number of carbonyl (C=O) groups is 2. The summed E-state index contributed by atoms with van der Waals surface area (Å²) in [5, 5.41) is 4.63. The molecule has 1 aliphatic heterocycles. The Labute approximate surface area is 188 Å². The van der Waals surface area contributed by atoms with Crippen molar-refractivity contribution in [2.24, 2.45) is 0 Å². The van der Waals surface area contributed by atoms with E-state index in [2.05, 4.69) is 21.8 Å². The van der Waals surface area contributed by atoms with Gasteiger partial charge in [0.2, 0.25) is 5.91 Å². The number of benzene rings is 1. The van der Waals surface area contributed by atoms with Crippen molar-refractivity contribution in [3.8, 4) is 0 Å². The molecule has 2 fully saturated rings. The van der Waals surface area contributed by atoms with Crippen LogP contribution in [0.5, 0.6) is 0 Å². The number of hydrogen-bond donors (Lipinski definition) is 2. The van der Waals surface area contributed by atoms with Crippen LogP contribution in [-0.2, 0) is 9.59 Å². The van der Waals surface area contributed by atoms with E-state index in [1.165, 1.54) is 12.8 Å². The highest BCUT2D eigenvalue weighted by Gasteiger charge is 2.45. The molecule has 7 heteroatoms. The molecule has 164 valence electrons. The minimum Gasteiger partial charge on any atom is -0.361 e. The van der Waals surface area contributed by atoms with Gasteiger partial charge in [0.05, 0.1) is 6.42 Å². The SMILES string of the molecule is C=CCCN1C(=O)C(CC(=O)Nc2ccc3cc[nH]c3c2)N(C2CCCCCC2)C1=S. The molecule has 2 amide bonds. The molecule has 6 nitrogen and oxygen atoms in total. The highest BCUT2D eigenvalue weighted by Crippen LogP contribution is 2.31. The molecule has 1 aliphatic carbocycles. The van der Waals surface area contributed by atoms with E-state index in [0.29, 0.717) is 18.1 Å². The molecule has 2 aliphatic rings. The zero-order valence-electron chi connectivity index (χ0n) is 17.8. The Bertz CT molecular complexity index is 977. The number of carbonyl (C=O) groups excluding carboxylic acids is 2. The van der Waals surface area contributed by atoms with Crippen molar-refractivity contribution in [1.29, 1.82) is 0 Å². The summed E-state index contributed by atoms with van der Waals surface area (Å²) in [6.45, 7) is 4.28. The lowest BCUT2D eigenvalue weighted by atomic mass is 10.0. The molecule has 1 aromatic heterocycles. The highest BCUT2D eigenvalue weighted by atomic mass is 32.1. The number of amides is 2. The summed E-state index contributed by atoms with van der Waals surface area (Å²) in [4.78, 5) is 33.1. The third-order valence-corrected chi connectivity index (χ3v) is 6.76. The monoisotopic (exact) mass is 438 g/mol. The summed E-state index contributed by atoms with van der Waals surface area (Å²) in [6, 6.07) is 7.44. The number of nitrogens with one attached hydrogen (secondary N) is 2. The van der Waals surface area contributed by atoms with E-state index in [4.69, 9.17) is 12.2 Å². The van der Waals surface area contributed by atoms with Crippen molar-refractivity contribution < 1.29 is 9.59 Å². The largest absolute Gasteiger partial charge is 0.361 e. The number of aromatic nitrogens is 1. The van der Waals surface area contributed by atoms with Crippen molar-refractivity contribution in [3.63, 3.8) is 0 Å². The van der Waals surface area contributed by atoms with Crippen LogP contribution in [-0.4, -0.2) is 50.3 Å². The number of H-pyrrole nitrogens is 1. The number of anilines is 1. The maximum absolute atomic E-state index is 13.3. The van der Waals surface area contributed by atoms with Crippen molar-refractivity contribution in [2.45, 2.75) is 63.5 Å². The van der Waals surface area contributed by atoms with Crippen molar-refractivity contribution in [2.75, 3.05) is 11.9 Å². The van der Waals surface area contributed by atoms with Crippen molar-refractivity contribution in [1.82, 2.24) is 14.8 Å². The minimum atomic E-state index is -0.533. The molecule has 0 radical (unpaired) electrons. The lowest BCUT2D eigenvalue weighted by molar-refractivity contribution is -0.131. The van der Waals surface area contributed by atoms with Gasteiger partial charge in [0.15, 0.2) is 5.11 Å². The summed E-state index contributed by atoms with van der Waals surface area (Å²) in [6.07, 6.45) is 11.2. The van der Waals surface area contributed by atoms with Gasteiger partial charge in [-0.3, -0.25) is 14.5 Å². The van der Waals surface area contributed by atoms with Gasteiger partial charge in [0, 0.05) is 30.0 Å². The third-order valence-electron chi connectivity index (χ3n) is 6.33. The smallest absolute Gasteiger partial charge is 0.252 e. The molecule has 2 aromatic rings. The summed E-state index contributed by atoms with van der Waals surface area (Å²) in [7, 11) is 0. The molecule has 1 unspecified atom stereocenters. The zero-order valence-corrected chi connectivity index (χ0v) is 18.6. The van der Waals surface area contributed by atoms with Gasteiger partial charge in [-0.1, -0.05) is 37.8 Å². The number of rotatable bonds is 7. The summed E-state index contributed by atoms with van der Waals surface area (Å²) < 4.78 is 0. The Morgan fingerprint density at radius 2 is 2.00 bits per heavy atom. The Morgan fingerprint density at radius 1 is 1.23 bits per heavy atom. The number of nitrogens with zero attached hydrogens (tertiary/aromatic N) is 2. The fourth-order valence-electron chi connectivity index (χ4n) is 4.74. The van der Waals surface area contributed by atoms with Crippen molar-refractivity contribution >= 4 is 45.7 Å². The quantitative estimate of drug-likeness (QED) is 0.377. The second kappa shape index (κ2) is 9.64. The van der Waals surface area contributed by atoms with Gasteiger partial charge in [0.25, 0.3) is 5.91 Å². The normalized spacial score (nSPS) is 20.3. The second-order valence-electron chi connectivity index (χ2n) is 8.45. The van der Waals surface area contributed by atoms with E-state index in [0.717, 1.165) is 42.3 Å². The van der Waals surface area contributed by atoms with Crippen LogP contribution in [0, 0.1) is 0 Å².